The van der Waals surface area contributed by atoms with Gasteiger partial charge in [-0.2, -0.15) is 0 Å². The van der Waals surface area contributed by atoms with Crippen LogP contribution in [0.15, 0.2) is 24.5 Å². The predicted molar refractivity (Wildman–Crippen MR) is 110 cm³/mol. The van der Waals surface area contributed by atoms with E-state index in [1.807, 2.05) is 4.90 Å². The smallest absolute Gasteiger partial charge is 0.280 e. The van der Waals surface area contributed by atoms with Crippen LogP contribution in [0.2, 0.25) is 0 Å². The topological polar surface area (TPSA) is 74.2 Å². The number of thiazole rings is 1. The molecule has 0 radical (unpaired) electrons. The number of likely N-dealkylation sites (tertiary alicyclic amines) is 1. The van der Waals surface area contributed by atoms with Gasteiger partial charge >= 0.3 is 0 Å². The van der Waals surface area contributed by atoms with E-state index >= 15 is 0 Å². The van der Waals surface area contributed by atoms with E-state index in [1.54, 1.807) is 12.1 Å². The van der Waals surface area contributed by atoms with Crippen LogP contribution in [0.25, 0.3) is 10.3 Å². The predicted octanol–water partition coefficient (Wildman–Crippen LogP) is 2.75. The van der Waals surface area contributed by atoms with Crippen molar-refractivity contribution >= 4 is 39.1 Å². The summed E-state index contributed by atoms with van der Waals surface area (Å²) in [6.45, 7) is 4.38. The van der Waals surface area contributed by atoms with Crippen molar-refractivity contribution in [2.24, 2.45) is 0 Å². The van der Waals surface area contributed by atoms with E-state index in [9.17, 15) is 9.18 Å². The van der Waals surface area contributed by atoms with Crippen LogP contribution in [-0.4, -0.2) is 58.5 Å². The van der Waals surface area contributed by atoms with Crippen molar-refractivity contribution in [3.8, 4) is 0 Å². The summed E-state index contributed by atoms with van der Waals surface area (Å²) in [5, 5.41) is 3.35. The highest BCUT2D eigenvalue weighted by Crippen LogP contribution is 2.37. The number of nitrogens with one attached hydrogen (secondary N) is 1. The first-order valence-electron chi connectivity index (χ1n) is 9.87. The molecule has 2 aliphatic rings. The summed E-state index contributed by atoms with van der Waals surface area (Å²) in [6.07, 6.45) is 4.71. The highest BCUT2D eigenvalue weighted by molar-refractivity contribution is 7.19. The highest BCUT2D eigenvalue weighted by atomic mass is 32.1. The van der Waals surface area contributed by atoms with Crippen LogP contribution in [0.1, 0.15) is 28.2 Å². The minimum atomic E-state index is -0.236. The maximum atomic E-state index is 13.5. The van der Waals surface area contributed by atoms with E-state index < -0.39 is 0 Å². The van der Waals surface area contributed by atoms with Crippen LogP contribution in [-0.2, 0) is 6.42 Å². The zero-order valence-electron chi connectivity index (χ0n) is 15.9. The highest BCUT2D eigenvalue weighted by Gasteiger charge is 2.26. The normalized spacial score (nSPS) is 16.5. The molecule has 0 saturated carbocycles. The lowest BCUT2D eigenvalue weighted by atomic mass is 10.2. The average molecular weight is 412 g/mol. The van der Waals surface area contributed by atoms with Crippen molar-refractivity contribution in [3.63, 3.8) is 0 Å². The Balaban J connectivity index is 1.37. The molecule has 2 aliphatic heterocycles. The number of carbonyl (C=O) groups excluding carboxylic acids is 1. The molecular weight excluding hydrogens is 391 g/mol. The molecule has 4 heterocycles. The number of hydrogen-bond donors (Lipinski definition) is 1. The summed E-state index contributed by atoms with van der Waals surface area (Å²) in [4.78, 5) is 30.9. The Morgan fingerprint density at radius 3 is 2.93 bits per heavy atom. The molecular formula is C20H21FN6OS. The van der Waals surface area contributed by atoms with E-state index in [0.717, 1.165) is 37.3 Å². The van der Waals surface area contributed by atoms with Crippen LogP contribution in [0.5, 0.6) is 0 Å². The molecule has 3 aromatic rings. The Morgan fingerprint density at radius 1 is 1.21 bits per heavy atom. The molecule has 0 spiro atoms. The summed E-state index contributed by atoms with van der Waals surface area (Å²) >= 11 is 1.27. The third-order valence-electron chi connectivity index (χ3n) is 5.48. The van der Waals surface area contributed by atoms with Crippen molar-refractivity contribution in [1.82, 2.24) is 25.2 Å². The second-order valence-electron chi connectivity index (χ2n) is 7.35. The number of nitrogens with zero attached hydrogens (tertiary/aromatic N) is 5. The summed E-state index contributed by atoms with van der Waals surface area (Å²) in [5.74, 6) is 0.245. The minimum Gasteiger partial charge on any atom is -0.349 e. The Labute approximate surface area is 171 Å². The maximum absolute atomic E-state index is 13.5. The second kappa shape index (κ2) is 7.64. The lowest BCUT2D eigenvalue weighted by Crippen LogP contribution is -2.33. The zero-order valence-corrected chi connectivity index (χ0v) is 16.7. The number of aromatic nitrogens is 3. The number of fused-ring (bicyclic) bond motifs is 2. The molecule has 7 nitrogen and oxygen atoms in total. The molecule has 0 atom stereocenters. The summed E-state index contributed by atoms with van der Waals surface area (Å²) in [5.41, 5.74) is 2.49. The van der Waals surface area contributed by atoms with E-state index in [1.165, 1.54) is 36.6 Å². The van der Waals surface area contributed by atoms with Crippen LogP contribution in [0, 0.1) is 5.82 Å². The van der Waals surface area contributed by atoms with Gasteiger partial charge in [0.25, 0.3) is 5.91 Å². The number of benzene rings is 1. The van der Waals surface area contributed by atoms with Crippen molar-refractivity contribution in [3.05, 3.63) is 40.9 Å². The SMILES string of the molecule is O=C(NCCN1CCCC1)c1nc2c(N3CCc4cc(F)ccc43)ncnc2s1. The van der Waals surface area contributed by atoms with Crippen LogP contribution < -0.4 is 10.2 Å². The molecule has 0 bridgehead atoms. The maximum Gasteiger partial charge on any atom is 0.280 e. The fourth-order valence-corrected chi connectivity index (χ4v) is 4.86. The largest absolute Gasteiger partial charge is 0.349 e. The molecule has 1 aromatic carbocycles. The Morgan fingerprint density at radius 2 is 2.07 bits per heavy atom. The first kappa shape index (κ1) is 18.4. The third-order valence-corrected chi connectivity index (χ3v) is 6.44. The Kier molecular flexibility index (Phi) is 4.84. The minimum absolute atomic E-state index is 0.179. The van der Waals surface area contributed by atoms with Gasteiger partial charge in [-0.1, -0.05) is 11.3 Å². The molecule has 0 unspecified atom stereocenters. The molecule has 0 aliphatic carbocycles. The molecule has 9 heteroatoms. The molecule has 1 saturated heterocycles. The first-order chi connectivity index (χ1) is 14.2. The summed E-state index contributed by atoms with van der Waals surface area (Å²) in [7, 11) is 0. The lowest BCUT2D eigenvalue weighted by Gasteiger charge is -2.18. The van der Waals surface area contributed by atoms with E-state index in [2.05, 4.69) is 25.2 Å². The molecule has 5 rings (SSSR count). The standard InChI is InChI=1S/C20H21FN6OS/c21-14-3-4-15-13(11-14)5-9-27(15)17-16-19(24-12-23-17)29-20(25-16)18(28)22-6-10-26-7-1-2-8-26/h3-4,11-12H,1-2,5-10H2,(H,22,28). The van der Waals surface area contributed by atoms with Crippen LogP contribution in [0.4, 0.5) is 15.9 Å². The molecule has 1 amide bonds. The summed E-state index contributed by atoms with van der Waals surface area (Å²) in [6, 6.07) is 4.79. The average Bonchev–Trinajstić information content (AvgIpc) is 3.46. The molecule has 2 aromatic heterocycles. The van der Waals surface area contributed by atoms with Gasteiger partial charge in [-0.25, -0.2) is 19.3 Å². The fraction of sp³-hybridized carbons (Fsp3) is 0.400. The van der Waals surface area contributed by atoms with Crippen molar-refractivity contribution in [1.29, 1.82) is 0 Å². The van der Waals surface area contributed by atoms with Gasteiger partial charge in [-0.15, -0.1) is 0 Å². The van der Waals surface area contributed by atoms with Crippen molar-refractivity contribution in [2.75, 3.05) is 37.6 Å². The van der Waals surface area contributed by atoms with Gasteiger partial charge in [0.15, 0.2) is 10.8 Å². The number of carbonyl (C=O) groups is 1. The first-order valence-corrected chi connectivity index (χ1v) is 10.7. The van der Waals surface area contributed by atoms with E-state index in [4.69, 9.17) is 0 Å². The Bertz CT molecular complexity index is 1060. The van der Waals surface area contributed by atoms with Gasteiger partial charge in [-0.3, -0.25) is 4.79 Å². The van der Waals surface area contributed by atoms with Gasteiger partial charge in [-0.05, 0) is 56.1 Å². The van der Waals surface area contributed by atoms with E-state index in [0.29, 0.717) is 34.3 Å². The van der Waals surface area contributed by atoms with Gasteiger partial charge in [0.1, 0.15) is 22.5 Å². The Hall–Kier alpha value is -2.65. The van der Waals surface area contributed by atoms with Gasteiger partial charge in [0.05, 0.1) is 0 Å². The zero-order chi connectivity index (χ0) is 19.8. The monoisotopic (exact) mass is 412 g/mol. The quantitative estimate of drug-likeness (QED) is 0.695. The van der Waals surface area contributed by atoms with E-state index in [-0.39, 0.29) is 11.7 Å². The molecule has 29 heavy (non-hydrogen) atoms. The molecule has 1 N–H and O–H groups in total. The van der Waals surface area contributed by atoms with Gasteiger partial charge in [0, 0.05) is 25.3 Å². The van der Waals surface area contributed by atoms with Gasteiger partial charge in [0.2, 0.25) is 0 Å². The van der Waals surface area contributed by atoms with Crippen LogP contribution in [0.3, 0.4) is 0 Å². The fourth-order valence-electron chi connectivity index (χ4n) is 4.04. The second-order valence-corrected chi connectivity index (χ2v) is 8.33. The molecule has 1 fully saturated rings. The number of amides is 1. The summed E-state index contributed by atoms with van der Waals surface area (Å²) < 4.78 is 13.5. The number of rotatable bonds is 5. The number of anilines is 2. The number of hydrogen-bond acceptors (Lipinski definition) is 7. The van der Waals surface area contributed by atoms with Crippen LogP contribution >= 0.6 is 11.3 Å². The lowest BCUT2D eigenvalue weighted by molar-refractivity contribution is 0.0949. The molecule has 150 valence electrons. The van der Waals surface area contributed by atoms with Crippen molar-refractivity contribution in [2.45, 2.75) is 19.3 Å². The van der Waals surface area contributed by atoms with Gasteiger partial charge < -0.3 is 15.1 Å². The number of halogens is 1. The third kappa shape index (κ3) is 3.56. The van der Waals surface area contributed by atoms with Crippen molar-refractivity contribution < 1.29 is 9.18 Å².